The molecule has 0 aliphatic carbocycles. The van der Waals surface area contributed by atoms with Crippen LogP contribution in [-0.2, 0) is 19.6 Å². The molecule has 0 aliphatic rings. The molecule has 2 rings (SSSR count). The molecule has 0 unspecified atom stereocenters. The molecule has 0 spiro atoms. The van der Waals surface area contributed by atoms with Crippen LogP contribution in [0.5, 0.6) is 0 Å². The molecule has 1 nitrogen and oxygen atoms in total. The molecular weight excluding hydrogens is 374 g/mol. The Kier molecular flexibility index (Phi) is 17.6. The summed E-state index contributed by atoms with van der Waals surface area (Å²) in [5, 5.41) is 0. The molecule has 1 N–H and O–H groups in total. The van der Waals surface area contributed by atoms with Gasteiger partial charge in [0.15, 0.2) is 0 Å². The van der Waals surface area contributed by atoms with Crippen LogP contribution in [0.3, 0.4) is 0 Å². The SMILES string of the molecule is CC(C)c1[c-]c(C(C)C)ccc1.C[C-](C)C.[NH]=[Mo].[c-]1ccccc1. The van der Waals surface area contributed by atoms with Crippen molar-refractivity contribution in [3.63, 3.8) is 0 Å². The maximum absolute atomic E-state index is 5.76. The van der Waals surface area contributed by atoms with Gasteiger partial charge in [-0.2, -0.15) is 92.6 Å². The minimum Gasteiger partial charge on any atom is -0.184 e. The van der Waals surface area contributed by atoms with Crippen molar-refractivity contribution < 1.29 is 19.6 Å². The maximum Gasteiger partial charge on any atom is -0.171 e. The Morgan fingerprint density at radius 2 is 1.17 bits per heavy atom. The van der Waals surface area contributed by atoms with Crippen molar-refractivity contribution in [2.24, 2.45) is 0 Å². The zero-order valence-electron chi connectivity index (χ0n) is 16.2. The minimum absolute atomic E-state index is 0.587. The van der Waals surface area contributed by atoms with Crippen molar-refractivity contribution >= 4 is 0 Å². The number of hydrogen-bond acceptors (Lipinski definition) is 1. The topological polar surface area (TPSA) is 23.9 Å². The van der Waals surface area contributed by atoms with E-state index in [1.54, 1.807) is 0 Å². The Balaban J connectivity index is 0. The van der Waals surface area contributed by atoms with E-state index in [1.807, 2.05) is 30.3 Å². The summed E-state index contributed by atoms with van der Waals surface area (Å²) in [6, 6.07) is 22.4. The van der Waals surface area contributed by atoms with Crippen molar-refractivity contribution in [2.45, 2.75) is 60.3 Å². The number of nitrogens with one attached hydrogen (secondary N) is 1. The van der Waals surface area contributed by atoms with E-state index >= 15 is 0 Å². The molecule has 0 radical (unpaired) electrons. The predicted molar refractivity (Wildman–Crippen MR) is 102 cm³/mol. The molecule has 0 saturated carbocycles. The van der Waals surface area contributed by atoms with Gasteiger partial charge in [-0.05, 0) is 11.8 Å². The second kappa shape index (κ2) is 16.8. The van der Waals surface area contributed by atoms with Gasteiger partial charge in [-0.3, -0.25) is 0 Å². The molecule has 0 atom stereocenters. The van der Waals surface area contributed by atoms with Gasteiger partial charge in [-0.15, -0.1) is 0 Å². The Morgan fingerprint density at radius 1 is 0.792 bits per heavy atom. The fourth-order valence-electron chi connectivity index (χ4n) is 1.52. The first-order valence-corrected chi connectivity index (χ1v) is 9.25. The summed E-state index contributed by atoms with van der Waals surface area (Å²) in [6.07, 6.45) is 0. The molecule has 2 aromatic rings. The van der Waals surface area contributed by atoms with Gasteiger partial charge in [0.05, 0.1) is 0 Å². The maximum atomic E-state index is 5.76. The summed E-state index contributed by atoms with van der Waals surface area (Å²) in [5.74, 6) is 2.59. The molecular formula is C22H32MoN-3. The fraction of sp³-hybridized carbons (Fsp3) is 0.409. The first kappa shape index (κ1) is 25.2. The summed E-state index contributed by atoms with van der Waals surface area (Å²) in [7, 11) is 0. The summed E-state index contributed by atoms with van der Waals surface area (Å²) in [5.41, 5.74) is 2.64. The van der Waals surface area contributed by atoms with Gasteiger partial charge in [0.25, 0.3) is 0 Å². The molecule has 0 aromatic heterocycles. The molecule has 24 heavy (non-hydrogen) atoms. The smallest absolute Gasteiger partial charge is 0.171 e. The normalized spacial score (nSPS) is 9.25. The van der Waals surface area contributed by atoms with E-state index in [4.69, 9.17) is 3.91 Å². The molecule has 0 saturated heterocycles. The zero-order valence-corrected chi connectivity index (χ0v) is 18.2. The quantitative estimate of drug-likeness (QED) is 0.405. The van der Waals surface area contributed by atoms with Crippen molar-refractivity contribution in [1.82, 2.24) is 0 Å². The van der Waals surface area contributed by atoms with Crippen molar-refractivity contribution in [3.05, 3.63) is 77.7 Å². The predicted octanol–water partition coefficient (Wildman–Crippen LogP) is 7.14. The molecule has 0 fully saturated rings. The summed E-state index contributed by atoms with van der Waals surface area (Å²) < 4.78 is 5.76. The number of benzene rings is 2. The minimum atomic E-state index is 0.587. The third-order valence-electron chi connectivity index (χ3n) is 2.69. The van der Waals surface area contributed by atoms with Crippen LogP contribution in [0.2, 0.25) is 0 Å². The molecule has 0 amide bonds. The standard InChI is InChI=1S/C12H17.C6H5.C4H9.Mo.HN/c1-9(2)11-6-5-7-12(8-11)10(3)4;1-2-4-6-5-3-1;1-4(2)3;;/h5-7,9-10H,1-4H3;1-5H;1-3H3;;1H/q3*-1;;. The first-order chi connectivity index (χ1) is 11.3. The van der Waals surface area contributed by atoms with Crippen LogP contribution < -0.4 is 0 Å². The summed E-state index contributed by atoms with van der Waals surface area (Å²) in [4.78, 5) is 0. The molecule has 2 heteroatoms. The van der Waals surface area contributed by atoms with Crippen LogP contribution in [-0.4, -0.2) is 0 Å². The average Bonchev–Trinajstić information content (AvgIpc) is 2.58. The number of hydrogen-bond donors (Lipinski definition) is 1. The van der Waals surface area contributed by atoms with E-state index in [2.05, 4.69) is 78.8 Å². The third-order valence-corrected chi connectivity index (χ3v) is 2.69. The van der Waals surface area contributed by atoms with Gasteiger partial charge < -0.3 is 5.92 Å². The van der Waals surface area contributed by atoms with Gasteiger partial charge in [0, 0.05) is 0 Å². The first-order valence-electron chi connectivity index (χ1n) is 8.25. The molecule has 0 bridgehead atoms. The van der Waals surface area contributed by atoms with Crippen LogP contribution >= 0.6 is 0 Å². The van der Waals surface area contributed by atoms with Gasteiger partial charge in [-0.25, -0.2) is 0 Å². The molecule has 0 aliphatic heterocycles. The van der Waals surface area contributed by atoms with E-state index in [0.717, 1.165) is 0 Å². The Labute approximate surface area is 161 Å². The van der Waals surface area contributed by atoms with Crippen LogP contribution in [0.4, 0.5) is 0 Å². The Hall–Kier alpha value is -1.07. The van der Waals surface area contributed by atoms with Gasteiger partial charge in [0.1, 0.15) is 0 Å². The third kappa shape index (κ3) is 15.8. The average molecular weight is 406 g/mol. The Morgan fingerprint density at radius 3 is 1.38 bits per heavy atom. The van der Waals surface area contributed by atoms with E-state index in [1.165, 1.54) is 36.7 Å². The van der Waals surface area contributed by atoms with Gasteiger partial charge in [0.2, 0.25) is 0 Å². The summed E-state index contributed by atoms with van der Waals surface area (Å²) in [6.45, 7) is 15.1. The van der Waals surface area contributed by atoms with Crippen LogP contribution in [0.25, 0.3) is 0 Å². The van der Waals surface area contributed by atoms with Crippen molar-refractivity contribution in [2.75, 3.05) is 0 Å². The van der Waals surface area contributed by atoms with E-state index in [0.29, 0.717) is 11.8 Å². The zero-order chi connectivity index (χ0) is 19.0. The molecule has 2 aromatic carbocycles. The van der Waals surface area contributed by atoms with Gasteiger partial charge in [-0.1, -0.05) is 27.7 Å². The van der Waals surface area contributed by atoms with E-state index < -0.39 is 0 Å². The van der Waals surface area contributed by atoms with E-state index in [-0.39, 0.29) is 0 Å². The van der Waals surface area contributed by atoms with Crippen LogP contribution in [0.1, 0.15) is 71.4 Å². The molecule has 0 heterocycles. The van der Waals surface area contributed by atoms with Crippen LogP contribution in [0, 0.1) is 22.0 Å². The number of rotatable bonds is 2. The second-order valence-electron chi connectivity index (χ2n) is 6.45. The van der Waals surface area contributed by atoms with Crippen molar-refractivity contribution in [1.29, 1.82) is 3.91 Å². The van der Waals surface area contributed by atoms with E-state index in [9.17, 15) is 0 Å². The monoisotopic (exact) mass is 408 g/mol. The Bertz CT molecular complexity index is 440. The largest absolute Gasteiger partial charge is 0.184 e. The fourth-order valence-corrected chi connectivity index (χ4v) is 1.52. The van der Waals surface area contributed by atoms with Crippen molar-refractivity contribution in [3.8, 4) is 0 Å². The van der Waals surface area contributed by atoms with Crippen LogP contribution in [0.15, 0.2) is 48.5 Å². The molecule has 134 valence electrons. The summed E-state index contributed by atoms with van der Waals surface area (Å²) >= 11 is 1.20. The second-order valence-corrected chi connectivity index (χ2v) is 6.45. The van der Waals surface area contributed by atoms with Gasteiger partial charge >= 0.3 is 23.5 Å².